The molecular weight excluding hydrogens is 596 g/mol. The number of thiophene rings is 1. The molecule has 214 valence electrons. The largest absolute Gasteiger partial charge is 0.244 e. The third-order valence-electron chi connectivity index (χ3n) is 9.17. The molecule has 2 nitrogen and oxygen atoms in total. The molecule has 0 saturated carbocycles. The van der Waals surface area contributed by atoms with Crippen molar-refractivity contribution in [3.63, 3.8) is 0 Å². The summed E-state index contributed by atoms with van der Waals surface area (Å²) in [5.41, 5.74) is 8.65. The van der Waals surface area contributed by atoms with E-state index in [1.54, 1.807) is 0 Å². The van der Waals surface area contributed by atoms with Gasteiger partial charge in [-0.3, -0.25) is 0 Å². The molecule has 0 unspecified atom stereocenters. The lowest BCUT2D eigenvalue weighted by Crippen LogP contribution is -2.20. The molecule has 0 N–H and O–H groups in total. The van der Waals surface area contributed by atoms with Crippen LogP contribution in [0.25, 0.3) is 75.6 Å². The van der Waals surface area contributed by atoms with Crippen LogP contribution in [0.3, 0.4) is 0 Å². The number of hydrogen-bond donors (Lipinski definition) is 0. The second kappa shape index (κ2) is 10.2. The Labute approximate surface area is 271 Å². The van der Waals surface area contributed by atoms with Crippen molar-refractivity contribution in [3.05, 3.63) is 152 Å². The zero-order valence-corrected chi connectivity index (χ0v) is 26.4. The molecule has 0 atom stereocenters. The van der Waals surface area contributed by atoms with Crippen LogP contribution in [0.4, 0.5) is 0 Å². The average molecular weight is 621 g/mol. The van der Waals surface area contributed by atoms with Crippen LogP contribution in [0.2, 0.25) is 0 Å². The van der Waals surface area contributed by atoms with Gasteiger partial charge in [0.25, 0.3) is 0 Å². The van der Waals surface area contributed by atoms with E-state index in [-0.39, 0.29) is 0 Å². The Hall–Kier alpha value is -5.21. The number of nitrogens with zero attached hydrogens (tertiary/aromatic N) is 2. The highest BCUT2D eigenvalue weighted by Gasteiger charge is 2.26. The lowest BCUT2D eigenvalue weighted by atomic mass is 9.94. The van der Waals surface area contributed by atoms with E-state index in [0.29, 0.717) is 0 Å². The summed E-state index contributed by atoms with van der Waals surface area (Å²) in [5.74, 6) is 0. The summed E-state index contributed by atoms with van der Waals surface area (Å²) < 4.78 is 2.64. The van der Waals surface area contributed by atoms with E-state index >= 15 is 0 Å². The van der Waals surface area contributed by atoms with Gasteiger partial charge in [-0.25, -0.2) is 9.97 Å². The fourth-order valence-corrected chi connectivity index (χ4v) is 10.5. The van der Waals surface area contributed by atoms with Crippen molar-refractivity contribution in [2.45, 2.75) is 0 Å². The van der Waals surface area contributed by atoms with Crippen molar-refractivity contribution in [1.82, 2.24) is 9.97 Å². The topological polar surface area (TPSA) is 25.8 Å². The number of para-hydroxylation sites is 2. The molecule has 1 aliphatic carbocycles. The predicted octanol–water partition coefficient (Wildman–Crippen LogP) is 10.2. The zero-order valence-electron chi connectivity index (χ0n) is 24.7. The Morgan fingerprint density at radius 1 is 0.413 bits per heavy atom. The summed E-state index contributed by atoms with van der Waals surface area (Å²) in [4.78, 5) is 10.1. The van der Waals surface area contributed by atoms with Crippen molar-refractivity contribution in [2.24, 2.45) is 0 Å². The van der Waals surface area contributed by atoms with E-state index in [9.17, 15) is 0 Å². The first kappa shape index (κ1) is 26.1. The van der Waals surface area contributed by atoms with Crippen molar-refractivity contribution < 1.29 is 0 Å². The molecule has 0 fully saturated rings. The maximum Gasteiger partial charge on any atom is 0.0979 e. The van der Waals surface area contributed by atoms with Gasteiger partial charge in [-0.05, 0) is 76.7 Å². The Morgan fingerprint density at radius 3 is 1.70 bits per heavy atom. The summed E-state index contributed by atoms with van der Waals surface area (Å²) in [6, 6.07) is 55.3. The van der Waals surface area contributed by atoms with Gasteiger partial charge < -0.3 is 0 Å². The average Bonchev–Trinajstić information content (AvgIpc) is 3.64. The maximum atomic E-state index is 5.07. The van der Waals surface area contributed by atoms with Gasteiger partial charge in [0.05, 0.1) is 22.4 Å². The molecule has 1 aliphatic rings. The highest BCUT2D eigenvalue weighted by molar-refractivity contribution is 7.79. The van der Waals surface area contributed by atoms with E-state index in [2.05, 4.69) is 127 Å². The lowest BCUT2D eigenvalue weighted by Gasteiger charge is -2.19. The summed E-state index contributed by atoms with van der Waals surface area (Å²) >= 11 is 1.88. The molecule has 0 radical (unpaired) electrons. The van der Waals surface area contributed by atoms with E-state index in [4.69, 9.17) is 9.97 Å². The van der Waals surface area contributed by atoms with E-state index in [1.807, 2.05) is 35.6 Å². The second-order valence-electron chi connectivity index (χ2n) is 11.8. The third-order valence-corrected chi connectivity index (χ3v) is 12.7. The van der Waals surface area contributed by atoms with Crippen LogP contribution in [0, 0.1) is 0 Å². The third kappa shape index (κ3) is 3.93. The molecule has 2 aromatic heterocycles. The Morgan fingerprint density at radius 2 is 1.00 bits per heavy atom. The molecule has 46 heavy (non-hydrogen) atoms. The Balaban J connectivity index is 1.15. The highest BCUT2D eigenvalue weighted by Crippen LogP contribution is 2.49. The minimum absolute atomic E-state index is 0.673. The van der Waals surface area contributed by atoms with Gasteiger partial charge in [-0.2, -0.15) is 0 Å². The van der Waals surface area contributed by atoms with Crippen LogP contribution >= 0.6 is 19.3 Å². The molecular formula is C42H25N2PS. The lowest BCUT2D eigenvalue weighted by molar-refractivity contribution is 1.32. The zero-order chi connectivity index (χ0) is 30.2. The van der Waals surface area contributed by atoms with Crippen LogP contribution in [0.1, 0.15) is 0 Å². The van der Waals surface area contributed by atoms with Gasteiger partial charge in [-0.1, -0.05) is 115 Å². The van der Waals surface area contributed by atoms with Crippen molar-refractivity contribution in [1.29, 1.82) is 0 Å². The highest BCUT2D eigenvalue weighted by atomic mass is 32.1. The summed E-state index contributed by atoms with van der Waals surface area (Å²) in [6.07, 6.45) is 0. The summed E-state index contributed by atoms with van der Waals surface area (Å²) in [5, 5.41) is 9.26. The van der Waals surface area contributed by atoms with E-state index < -0.39 is 7.92 Å². The first-order valence-corrected chi connectivity index (χ1v) is 17.7. The number of benzene rings is 7. The molecule has 0 saturated heterocycles. The van der Waals surface area contributed by atoms with Crippen LogP contribution in [0.5, 0.6) is 0 Å². The van der Waals surface area contributed by atoms with Crippen molar-refractivity contribution in [3.8, 4) is 33.6 Å². The maximum absolute atomic E-state index is 5.07. The molecule has 0 bridgehead atoms. The first-order valence-electron chi connectivity index (χ1n) is 15.5. The van der Waals surface area contributed by atoms with Crippen molar-refractivity contribution >= 4 is 77.2 Å². The number of rotatable bonds is 4. The van der Waals surface area contributed by atoms with Crippen LogP contribution in [-0.2, 0) is 0 Å². The Bertz CT molecular complexity index is 2560. The van der Waals surface area contributed by atoms with Crippen LogP contribution < -0.4 is 15.9 Å². The normalized spacial score (nSPS) is 12.1. The minimum Gasteiger partial charge on any atom is -0.244 e. The molecule has 10 rings (SSSR count). The molecule has 7 aromatic carbocycles. The number of fused-ring (bicyclic) bond motifs is 7. The van der Waals surface area contributed by atoms with Gasteiger partial charge in [-0.15, -0.1) is 11.3 Å². The number of aromatic nitrogens is 2. The molecule has 0 aliphatic heterocycles. The quantitative estimate of drug-likeness (QED) is 0.183. The smallest absolute Gasteiger partial charge is 0.0979 e. The fourth-order valence-electron chi connectivity index (χ4n) is 7.10. The molecule has 4 heteroatoms. The molecule has 9 aromatic rings. The first-order chi connectivity index (χ1) is 22.8. The van der Waals surface area contributed by atoms with Gasteiger partial charge in [0, 0.05) is 36.7 Å². The number of hydrogen-bond acceptors (Lipinski definition) is 3. The van der Waals surface area contributed by atoms with Crippen LogP contribution in [0.15, 0.2) is 152 Å². The van der Waals surface area contributed by atoms with E-state index in [0.717, 1.165) is 22.4 Å². The Kier molecular flexibility index (Phi) is 5.75. The standard InChI is InChI=1S/C42H25N2PS/c1-3-10-27(11-4-1)45(28-12-5-2-6-13-28)29-19-23-39-35(25-29)34-24-26(18-22-38(34)46-39)30-20-21-33-40-31(30)14-9-15-32(40)41-42(33)44-37-17-8-7-16-36(37)43-41/h1-25H. The molecule has 0 spiro atoms. The van der Waals surface area contributed by atoms with Crippen LogP contribution in [-0.4, -0.2) is 9.97 Å². The monoisotopic (exact) mass is 620 g/mol. The van der Waals surface area contributed by atoms with E-state index in [1.165, 1.54) is 69.1 Å². The second-order valence-corrected chi connectivity index (χ2v) is 15.1. The molecule has 2 heterocycles. The van der Waals surface area contributed by atoms with Crippen molar-refractivity contribution in [2.75, 3.05) is 0 Å². The summed E-state index contributed by atoms with van der Waals surface area (Å²) in [6.45, 7) is 0. The van der Waals surface area contributed by atoms with Gasteiger partial charge >= 0.3 is 0 Å². The molecule has 0 amide bonds. The van der Waals surface area contributed by atoms with Gasteiger partial charge in [0.1, 0.15) is 0 Å². The SMILES string of the molecule is c1ccc(P(c2ccccc2)c2ccc3sc4ccc(-c5ccc6c7c(cccc57)-c5nc7ccccc7nc5-6)cc4c3c2)cc1. The fraction of sp³-hybridized carbons (Fsp3) is 0. The minimum atomic E-state index is -0.673. The predicted molar refractivity (Wildman–Crippen MR) is 199 cm³/mol. The van der Waals surface area contributed by atoms with Gasteiger partial charge in [0.15, 0.2) is 0 Å². The summed E-state index contributed by atoms with van der Waals surface area (Å²) in [7, 11) is -0.673. The van der Waals surface area contributed by atoms with Gasteiger partial charge in [0.2, 0.25) is 0 Å².